The van der Waals surface area contributed by atoms with Crippen molar-refractivity contribution in [1.29, 1.82) is 0 Å². The first kappa shape index (κ1) is 20.3. The van der Waals surface area contributed by atoms with Crippen LogP contribution in [0.2, 0.25) is 0 Å². The molecule has 1 aliphatic rings. The van der Waals surface area contributed by atoms with Gasteiger partial charge in [-0.1, -0.05) is 6.07 Å². The number of carbonyl (C=O) groups is 1. The molecule has 11 heteroatoms. The smallest absolute Gasteiger partial charge is 0.465 e. The molecule has 28 heavy (non-hydrogen) atoms. The molecule has 0 atom stereocenters. The van der Waals surface area contributed by atoms with E-state index in [1.165, 1.54) is 19.2 Å². The average Bonchev–Trinajstić information content (AvgIpc) is 3.03. The third-order valence-electron chi connectivity index (χ3n) is 4.96. The number of ether oxygens (including phenoxy) is 1. The van der Waals surface area contributed by atoms with E-state index in [0.29, 0.717) is 0 Å². The second kappa shape index (κ2) is 6.31. The molecule has 1 aromatic heterocycles. The lowest BCUT2D eigenvalue weighted by molar-refractivity contribution is -0.274. The number of fused-ring (bicyclic) bond motifs is 1. The Morgan fingerprint density at radius 2 is 1.71 bits per heavy atom. The van der Waals surface area contributed by atoms with Gasteiger partial charge in [-0.3, -0.25) is 4.90 Å². The maximum absolute atomic E-state index is 12.9. The third kappa shape index (κ3) is 3.63. The molecule has 1 aliphatic heterocycles. The van der Waals surface area contributed by atoms with E-state index in [1.54, 1.807) is 0 Å². The summed E-state index contributed by atoms with van der Waals surface area (Å²) in [5.74, 6) is -0.764. The van der Waals surface area contributed by atoms with Crippen LogP contribution in [0.3, 0.4) is 0 Å². The number of hydrogen-bond acceptors (Lipinski definition) is 5. The van der Waals surface area contributed by atoms with Gasteiger partial charge in [-0.25, -0.2) is 4.79 Å². The van der Waals surface area contributed by atoms with Crippen LogP contribution < -0.4 is 15.1 Å². The van der Waals surface area contributed by atoms with Gasteiger partial charge in [0.2, 0.25) is 5.88 Å². The average molecular weight is 401 g/mol. The second-order valence-corrected chi connectivity index (χ2v) is 7.50. The summed E-state index contributed by atoms with van der Waals surface area (Å²) in [5.41, 5.74) is -1.33. The minimum absolute atomic E-state index is 0.152. The number of anilines is 1. The molecule has 0 spiro atoms. The molecule has 1 aromatic carbocycles. The fraction of sp³-hybridized carbons (Fsp3) is 0.471. The lowest BCUT2D eigenvalue weighted by Gasteiger charge is -2.32. The number of carboxylic acid groups (broad SMARTS) is 1. The topological polar surface area (TPSA) is 81.4 Å². The first-order valence-electron chi connectivity index (χ1n) is 8.36. The van der Waals surface area contributed by atoms with Gasteiger partial charge in [0.05, 0.1) is 11.2 Å². The Kier molecular flexibility index (Phi) is 4.59. The van der Waals surface area contributed by atoms with Gasteiger partial charge in [0.25, 0.3) is 0 Å². The lowest BCUT2D eigenvalue weighted by Crippen LogP contribution is -2.41. The zero-order valence-electron chi connectivity index (χ0n) is 15.9. The minimum atomic E-state index is -4.97. The van der Waals surface area contributed by atoms with Crippen molar-refractivity contribution in [1.82, 2.24) is 0 Å². The van der Waals surface area contributed by atoms with Crippen LogP contribution in [0.25, 0.3) is 11.0 Å². The Morgan fingerprint density at radius 3 is 2.21 bits per heavy atom. The zero-order valence-corrected chi connectivity index (χ0v) is 15.9. The molecular formula is C17H19BF3NO6. The molecule has 152 valence electrons. The highest BCUT2D eigenvalue weighted by atomic mass is 19.4. The largest absolute Gasteiger partial charge is 0.573 e. The normalized spacial score (nSPS) is 18.5. The first-order chi connectivity index (χ1) is 12.7. The summed E-state index contributed by atoms with van der Waals surface area (Å²) in [4.78, 5) is 11.9. The van der Waals surface area contributed by atoms with Gasteiger partial charge in [-0.2, -0.15) is 0 Å². The molecule has 0 radical (unpaired) electrons. The van der Waals surface area contributed by atoms with E-state index < -0.39 is 36.5 Å². The molecule has 0 saturated carbocycles. The van der Waals surface area contributed by atoms with E-state index in [9.17, 15) is 18.0 Å². The van der Waals surface area contributed by atoms with Crippen molar-refractivity contribution in [3.63, 3.8) is 0 Å². The number of rotatable bonds is 3. The maximum Gasteiger partial charge on any atom is 0.573 e. The van der Waals surface area contributed by atoms with Crippen LogP contribution in [-0.4, -0.2) is 42.9 Å². The lowest BCUT2D eigenvalue weighted by atomic mass is 9.78. The Morgan fingerprint density at radius 1 is 1.14 bits per heavy atom. The molecule has 0 aliphatic carbocycles. The Labute approximate surface area is 159 Å². The predicted octanol–water partition coefficient (Wildman–Crippen LogP) is 3.74. The van der Waals surface area contributed by atoms with Crippen molar-refractivity contribution in [3.05, 3.63) is 18.2 Å². The minimum Gasteiger partial charge on any atom is -0.465 e. The number of hydrogen-bond donors (Lipinski definition) is 1. The molecule has 2 heterocycles. The summed E-state index contributed by atoms with van der Waals surface area (Å²) in [6.07, 6.45) is -6.30. The van der Waals surface area contributed by atoms with E-state index in [1.807, 2.05) is 27.7 Å². The standard InChI is InChI=1S/C17H19BF3NO6/c1-15(2)16(3,4)28-18(27-15)10-6-9-7-12(22(5)14(23)24)25-13(9)11(8-10)26-17(19,20)21/h6-8H,1-5H3,(H,23,24). The number of alkyl halides is 3. The number of furan rings is 1. The molecule has 1 N–H and O–H groups in total. The summed E-state index contributed by atoms with van der Waals surface area (Å²) < 4.78 is 59.8. The van der Waals surface area contributed by atoms with Crippen molar-refractivity contribution >= 4 is 35.5 Å². The third-order valence-corrected chi connectivity index (χ3v) is 4.96. The van der Waals surface area contributed by atoms with Crippen molar-refractivity contribution in [2.75, 3.05) is 11.9 Å². The first-order valence-corrected chi connectivity index (χ1v) is 8.36. The highest BCUT2D eigenvalue weighted by Gasteiger charge is 2.52. The van der Waals surface area contributed by atoms with E-state index in [0.717, 1.165) is 11.0 Å². The molecule has 7 nitrogen and oxygen atoms in total. The van der Waals surface area contributed by atoms with Crippen molar-refractivity contribution in [3.8, 4) is 5.75 Å². The molecule has 0 unspecified atom stereocenters. The van der Waals surface area contributed by atoms with E-state index in [-0.39, 0.29) is 22.3 Å². The Bertz CT molecular complexity index is 907. The van der Waals surface area contributed by atoms with Gasteiger partial charge < -0.3 is 23.6 Å². The van der Waals surface area contributed by atoms with Crippen LogP contribution in [0.5, 0.6) is 5.75 Å². The molecule has 1 saturated heterocycles. The van der Waals surface area contributed by atoms with Crippen LogP contribution in [0.4, 0.5) is 23.8 Å². The zero-order chi connectivity index (χ0) is 21.1. The van der Waals surface area contributed by atoms with Crippen molar-refractivity contribution in [2.24, 2.45) is 0 Å². The van der Waals surface area contributed by atoms with Gasteiger partial charge in [-0.15, -0.1) is 13.2 Å². The molecule has 1 fully saturated rings. The Balaban J connectivity index is 2.11. The van der Waals surface area contributed by atoms with Gasteiger partial charge in [0.1, 0.15) is 0 Å². The molecule has 0 bridgehead atoms. The van der Waals surface area contributed by atoms with E-state index in [2.05, 4.69) is 4.74 Å². The van der Waals surface area contributed by atoms with E-state index >= 15 is 0 Å². The van der Waals surface area contributed by atoms with E-state index in [4.69, 9.17) is 18.8 Å². The van der Waals surface area contributed by atoms with Crippen molar-refractivity contribution < 1.29 is 41.5 Å². The monoisotopic (exact) mass is 401 g/mol. The van der Waals surface area contributed by atoms with Crippen LogP contribution in [0.1, 0.15) is 27.7 Å². The highest BCUT2D eigenvalue weighted by Crippen LogP contribution is 2.39. The number of amides is 1. The fourth-order valence-corrected chi connectivity index (χ4v) is 2.70. The summed E-state index contributed by atoms with van der Waals surface area (Å²) >= 11 is 0. The number of halogens is 3. The number of benzene rings is 1. The van der Waals surface area contributed by atoms with Crippen LogP contribution in [0, 0.1) is 0 Å². The quantitative estimate of drug-likeness (QED) is 0.790. The summed E-state index contributed by atoms with van der Waals surface area (Å²) in [6, 6.07) is 3.94. The van der Waals surface area contributed by atoms with Gasteiger partial charge in [0, 0.05) is 18.5 Å². The molecular weight excluding hydrogens is 382 g/mol. The van der Waals surface area contributed by atoms with Gasteiger partial charge >= 0.3 is 19.6 Å². The SMILES string of the molecule is CN(C(=O)O)c1cc2cc(B3OC(C)(C)C(C)(C)O3)cc(OC(F)(F)F)c2o1. The molecule has 2 aromatic rings. The van der Waals surface area contributed by atoms with Crippen LogP contribution >= 0.6 is 0 Å². The second-order valence-electron chi connectivity index (χ2n) is 7.50. The van der Waals surface area contributed by atoms with Crippen LogP contribution in [-0.2, 0) is 9.31 Å². The fourth-order valence-electron chi connectivity index (χ4n) is 2.70. The summed E-state index contributed by atoms with van der Waals surface area (Å²) in [7, 11) is 0.278. The van der Waals surface area contributed by atoms with Gasteiger partial charge in [0.15, 0.2) is 11.3 Å². The molecule has 3 rings (SSSR count). The van der Waals surface area contributed by atoms with Gasteiger partial charge in [-0.05, 0) is 39.2 Å². The summed E-state index contributed by atoms with van der Waals surface area (Å²) in [5, 5.41) is 9.29. The summed E-state index contributed by atoms with van der Waals surface area (Å²) in [6.45, 7) is 7.26. The Hall–Kier alpha value is -2.40. The maximum atomic E-state index is 12.9. The number of nitrogens with zero attached hydrogens (tertiary/aromatic N) is 1. The van der Waals surface area contributed by atoms with Crippen LogP contribution in [0.15, 0.2) is 22.6 Å². The molecule has 1 amide bonds. The predicted molar refractivity (Wildman–Crippen MR) is 95.0 cm³/mol. The van der Waals surface area contributed by atoms with Crippen molar-refractivity contribution in [2.45, 2.75) is 45.3 Å². The highest BCUT2D eigenvalue weighted by molar-refractivity contribution is 6.62.